The van der Waals surface area contributed by atoms with Gasteiger partial charge in [0.15, 0.2) is 11.5 Å². The molecule has 0 saturated heterocycles. The summed E-state index contributed by atoms with van der Waals surface area (Å²) in [6, 6.07) is 13.2. The molecule has 140 valence electrons. The molecule has 1 aromatic heterocycles. The van der Waals surface area contributed by atoms with Crippen LogP contribution in [0.4, 0.5) is 0 Å². The fourth-order valence-electron chi connectivity index (χ4n) is 2.78. The lowest BCUT2D eigenvalue weighted by atomic mass is 10.1. The van der Waals surface area contributed by atoms with Crippen LogP contribution in [0.1, 0.15) is 23.4 Å². The van der Waals surface area contributed by atoms with Crippen molar-refractivity contribution >= 4 is 10.0 Å². The van der Waals surface area contributed by atoms with Gasteiger partial charge in [-0.15, -0.1) is 10.2 Å². The van der Waals surface area contributed by atoms with Crippen LogP contribution in [0.25, 0.3) is 0 Å². The van der Waals surface area contributed by atoms with E-state index in [4.69, 9.17) is 13.9 Å². The van der Waals surface area contributed by atoms with Gasteiger partial charge in [0.2, 0.25) is 28.6 Å². The van der Waals surface area contributed by atoms with Crippen molar-refractivity contribution in [1.29, 1.82) is 0 Å². The summed E-state index contributed by atoms with van der Waals surface area (Å²) in [4.78, 5) is 0.0704. The second-order valence-corrected chi connectivity index (χ2v) is 7.75. The van der Waals surface area contributed by atoms with Crippen LogP contribution in [0.5, 0.6) is 11.5 Å². The van der Waals surface area contributed by atoms with Crippen molar-refractivity contribution < 1.29 is 22.3 Å². The highest BCUT2D eigenvalue weighted by atomic mass is 32.2. The Balaban J connectivity index is 1.64. The predicted octanol–water partition coefficient (Wildman–Crippen LogP) is 2.37. The first-order valence-electron chi connectivity index (χ1n) is 8.27. The average molecular weight is 387 g/mol. The normalized spacial score (nSPS) is 14.3. The first-order valence-corrected chi connectivity index (χ1v) is 9.75. The molecule has 3 aromatic rings. The highest BCUT2D eigenvalue weighted by Crippen LogP contribution is 2.34. The van der Waals surface area contributed by atoms with Crippen molar-refractivity contribution in [3.63, 3.8) is 0 Å². The molecule has 0 spiro atoms. The van der Waals surface area contributed by atoms with Crippen molar-refractivity contribution in [3.05, 3.63) is 65.9 Å². The number of sulfonamides is 1. The summed E-state index contributed by atoms with van der Waals surface area (Å²) >= 11 is 0. The molecule has 27 heavy (non-hydrogen) atoms. The minimum Gasteiger partial charge on any atom is -0.454 e. The van der Waals surface area contributed by atoms with Gasteiger partial charge in [-0.05, 0) is 24.1 Å². The Morgan fingerprint density at radius 1 is 1.07 bits per heavy atom. The zero-order chi connectivity index (χ0) is 18.9. The van der Waals surface area contributed by atoms with E-state index >= 15 is 0 Å². The molecule has 2 heterocycles. The summed E-state index contributed by atoms with van der Waals surface area (Å²) in [5.74, 6) is 1.49. The Hall–Kier alpha value is -2.91. The molecule has 1 aliphatic rings. The van der Waals surface area contributed by atoms with Crippen LogP contribution in [-0.4, -0.2) is 25.4 Å². The summed E-state index contributed by atoms with van der Waals surface area (Å²) in [7, 11) is -3.85. The lowest BCUT2D eigenvalue weighted by molar-refractivity contribution is 0.174. The molecule has 0 saturated carbocycles. The van der Waals surface area contributed by atoms with E-state index in [1.54, 1.807) is 13.0 Å². The van der Waals surface area contributed by atoms with Gasteiger partial charge in [-0.25, -0.2) is 8.42 Å². The van der Waals surface area contributed by atoms with Crippen molar-refractivity contribution in [1.82, 2.24) is 14.9 Å². The Morgan fingerprint density at radius 3 is 2.59 bits per heavy atom. The van der Waals surface area contributed by atoms with Gasteiger partial charge in [-0.1, -0.05) is 30.3 Å². The number of aryl methyl sites for hydroxylation is 1. The van der Waals surface area contributed by atoms with E-state index in [0.29, 0.717) is 23.8 Å². The predicted molar refractivity (Wildman–Crippen MR) is 94.8 cm³/mol. The fourth-order valence-corrected chi connectivity index (χ4v) is 3.99. The Kier molecular flexibility index (Phi) is 4.54. The molecule has 2 aromatic carbocycles. The smallest absolute Gasteiger partial charge is 0.241 e. The van der Waals surface area contributed by atoms with Crippen LogP contribution in [0.15, 0.2) is 57.8 Å². The van der Waals surface area contributed by atoms with Gasteiger partial charge in [-0.2, -0.15) is 4.72 Å². The van der Waals surface area contributed by atoms with E-state index in [2.05, 4.69) is 14.9 Å². The topological polar surface area (TPSA) is 104 Å². The zero-order valence-electron chi connectivity index (χ0n) is 14.5. The van der Waals surface area contributed by atoms with Crippen LogP contribution in [0, 0.1) is 6.92 Å². The fraction of sp³-hybridized carbons (Fsp3) is 0.222. The maximum absolute atomic E-state index is 12.9. The van der Waals surface area contributed by atoms with E-state index in [0.717, 1.165) is 5.56 Å². The molecular weight excluding hydrogens is 370 g/mol. The van der Waals surface area contributed by atoms with Gasteiger partial charge in [-0.3, -0.25) is 0 Å². The maximum Gasteiger partial charge on any atom is 0.241 e. The number of fused-ring (bicyclic) bond motifs is 1. The van der Waals surface area contributed by atoms with Gasteiger partial charge in [0.1, 0.15) is 6.04 Å². The van der Waals surface area contributed by atoms with Crippen LogP contribution in [0.3, 0.4) is 0 Å². The maximum atomic E-state index is 12.9. The van der Waals surface area contributed by atoms with Gasteiger partial charge in [0, 0.05) is 13.0 Å². The minimum atomic E-state index is -3.85. The number of nitrogens with one attached hydrogen (secondary N) is 1. The lowest BCUT2D eigenvalue weighted by Gasteiger charge is -2.16. The SMILES string of the molecule is Cc1nnc(C(Cc2ccccc2)NS(=O)(=O)c2ccc3c(c2)OCO3)o1. The number of hydrogen-bond donors (Lipinski definition) is 1. The number of aromatic nitrogens is 2. The monoisotopic (exact) mass is 387 g/mol. The van der Waals surface area contributed by atoms with E-state index in [1.807, 2.05) is 30.3 Å². The molecule has 0 radical (unpaired) electrons. The second-order valence-electron chi connectivity index (χ2n) is 6.04. The largest absolute Gasteiger partial charge is 0.454 e. The standard InChI is InChI=1S/C18H17N3O5S/c1-12-19-20-18(26-12)15(9-13-5-3-2-4-6-13)21-27(22,23)14-7-8-16-17(10-14)25-11-24-16/h2-8,10,15,21H,9,11H2,1H3. The first kappa shape index (κ1) is 17.5. The number of nitrogens with zero attached hydrogens (tertiary/aromatic N) is 2. The van der Waals surface area contributed by atoms with E-state index in [-0.39, 0.29) is 17.6 Å². The average Bonchev–Trinajstić information content (AvgIpc) is 3.30. The third kappa shape index (κ3) is 3.79. The first-order chi connectivity index (χ1) is 13.0. The summed E-state index contributed by atoms with van der Waals surface area (Å²) < 4.78 is 44.5. The molecule has 1 unspecified atom stereocenters. The van der Waals surface area contributed by atoms with Gasteiger partial charge >= 0.3 is 0 Å². The van der Waals surface area contributed by atoms with Crippen molar-refractivity contribution in [3.8, 4) is 11.5 Å². The Bertz CT molecular complexity index is 1050. The van der Waals surface area contributed by atoms with Crippen LogP contribution >= 0.6 is 0 Å². The number of ether oxygens (including phenoxy) is 2. The van der Waals surface area contributed by atoms with Crippen molar-refractivity contribution in [2.45, 2.75) is 24.3 Å². The van der Waals surface area contributed by atoms with E-state index < -0.39 is 16.1 Å². The number of rotatable bonds is 6. The lowest BCUT2D eigenvalue weighted by Crippen LogP contribution is -2.30. The summed E-state index contributed by atoms with van der Waals surface area (Å²) in [6.45, 7) is 1.73. The molecular formula is C18H17N3O5S. The van der Waals surface area contributed by atoms with Crippen LogP contribution in [0.2, 0.25) is 0 Å². The third-order valence-electron chi connectivity index (χ3n) is 4.07. The molecule has 8 nitrogen and oxygen atoms in total. The highest BCUT2D eigenvalue weighted by Gasteiger charge is 2.27. The quantitative estimate of drug-likeness (QED) is 0.692. The Labute approximate surface area is 156 Å². The summed E-state index contributed by atoms with van der Waals surface area (Å²) in [5, 5.41) is 7.80. The molecule has 1 N–H and O–H groups in total. The molecule has 0 fully saturated rings. The highest BCUT2D eigenvalue weighted by molar-refractivity contribution is 7.89. The molecule has 1 aliphatic heterocycles. The third-order valence-corrected chi connectivity index (χ3v) is 5.54. The van der Waals surface area contributed by atoms with Gasteiger partial charge in [0.05, 0.1) is 4.90 Å². The Morgan fingerprint density at radius 2 is 1.85 bits per heavy atom. The minimum absolute atomic E-state index is 0.0704. The molecule has 0 aliphatic carbocycles. The van der Waals surface area contributed by atoms with E-state index in [1.165, 1.54) is 12.1 Å². The molecule has 1 atom stereocenters. The molecule has 0 bridgehead atoms. The summed E-state index contributed by atoms with van der Waals surface area (Å²) in [5.41, 5.74) is 0.937. The molecule has 0 amide bonds. The second kappa shape index (κ2) is 7.01. The van der Waals surface area contributed by atoms with Gasteiger partial charge in [0.25, 0.3) is 0 Å². The van der Waals surface area contributed by atoms with Crippen molar-refractivity contribution in [2.24, 2.45) is 0 Å². The number of benzene rings is 2. The molecule has 4 rings (SSSR count). The zero-order valence-corrected chi connectivity index (χ0v) is 15.3. The summed E-state index contributed by atoms with van der Waals surface area (Å²) in [6.07, 6.45) is 0.367. The van der Waals surface area contributed by atoms with Crippen LogP contribution in [-0.2, 0) is 16.4 Å². The van der Waals surface area contributed by atoms with Crippen LogP contribution < -0.4 is 14.2 Å². The molecule has 9 heteroatoms. The van der Waals surface area contributed by atoms with Gasteiger partial charge < -0.3 is 13.9 Å². The van der Waals surface area contributed by atoms with E-state index in [9.17, 15) is 8.42 Å². The van der Waals surface area contributed by atoms with Crippen molar-refractivity contribution in [2.75, 3.05) is 6.79 Å². The number of hydrogen-bond acceptors (Lipinski definition) is 7.